The predicted octanol–water partition coefficient (Wildman–Crippen LogP) is 3.29. The largest absolute Gasteiger partial charge is 0.389 e. The summed E-state index contributed by atoms with van der Waals surface area (Å²) in [6, 6.07) is 2.67. The van der Waals surface area contributed by atoms with Crippen LogP contribution in [0.3, 0.4) is 0 Å². The second-order valence-electron chi connectivity index (χ2n) is 5.94. The molecule has 3 nitrogen and oxygen atoms in total. The van der Waals surface area contributed by atoms with E-state index >= 15 is 0 Å². The summed E-state index contributed by atoms with van der Waals surface area (Å²) in [7, 11) is 0. The fraction of sp³-hybridized carbons (Fsp3) is 0.625. The van der Waals surface area contributed by atoms with Gasteiger partial charge >= 0.3 is 0 Å². The molecule has 2 aliphatic carbocycles. The molecule has 1 fully saturated rings. The first-order chi connectivity index (χ1) is 10.2. The molecule has 1 aromatic heterocycles. The summed E-state index contributed by atoms with van der Waals surface area (Å²) in [5.74, 6) is 2.11. The predicted molar refractivity (Wildman–Crippen MR) is 95.3 cm³/mol. The van der Waals surface area contributed by atoms with Crippen LogP contribution in [0.4, 0.5) is 5.82 Å². The smallest absolute Gasteiger partial charge is 0.136 e. The van der Waals surface area contributed by atoms with Gasteiger partial charge in [0.1, 0.15) is 10.8 Å². The van der Waals surface area contributed by atoms with Crippen molar-refractivity contribution in [2.45, 2.75) is 56.7 Å². The Morgan fingerprint density at radius 3 is 3.10 bits per heavy atom. The van der Waals surface area contributed by atoms with E-state index in [9.17, 15) is 0 Å². The van der Waals surface area contributed by atoms with Gasteiger partial charge in [0.25, 0.3) is 0 Å². The molecule has 21 heavy (non-hydrogen) atoms. The number of nitrogens with two attached hydrogens (primary N) is 1. The molecule has 0 aromatic carbocycles. The van der Waals surface area contributed by atoms with Crippen LogP contribution < -0.4 is 11.1 Å². The quantitative estimate of drug-likeness (QED) is 0.815. The van der Waals surface area contributed by atoms with Gasteiger partial charge in [-0.15, -0.1) is 0 Å². The number of hydrogen-bond acceptors (Lipinski definition) is 4. The molecular weight excluding hydrogens is 298 g/mol. The Hall–Kier alpha value is -0.810. The van der Waals surface area contributed by atoms with Gasteiger partial charge in [0.15, 0.2) is 0 Å². The molecule has 2 aliphatic rings. The Kier molecular flexibility index (Phi) is 4.69. The number of thioether (sulfide) groups is 1. The average molecular weight is 322 g/mol. The minimum absolute atomic E-state index is 0.456. The van der Waals surface area contributed by atoms with Gasteiger partial charge in [0.05, 0.1) is 5.56 Å². The number of aromatic nitrogens is 1. The number of rotatable bonds is 5. The van der Waals surface area contributed by atoms with Crippen molar-refractivity contribution in [1.29, 1.82) is 0 Å². The minimum Gasteiger partial charge on any atom is -0.389 e. The summed E-state index contributed by atoms with van der Waals surface area (Å²) < 4.78 is 0. The van der Waals surface area contributed by atoms with Crippen LogP contribution in [-0.2, 0) is 12.8 Å². The van der Waals surface area contributed by atoms with E-state index in [1.54, 1.807) is 0 Å². The number of hydrogen-bond donors (Lipinski definition) is 2. The van der Waals surface area contributed by atoms with Gasteiger partial charge < -0.3 is 11.1 Å². The summed E-state index contributed by atoms with van der Waals surface area (Å²) in [4.78, 5) is 5.28. The first-order valence-corrected chi connectivity index (χ1v) is 9.33. The third kappa shape index (κ3) is 3.34. The number of thiocarbonyl (C=S) groups is 1. The van der Waals surface area contributed by atoms with Crippen molar-refractivity contribution >= 4 is 34.8 Å². The van der Waals surface area contributed by atoms with Crippen molar-refractivity contribution in [2.75, 3.05) is 11.1 Å². The molecule has 1 aromatic rings. The molecular formula is C16H23N3S2. The zero-order chi connectivity index (χ0) is 14.8. The molecule has 2 atom stereocenters. The summed E-state index contributed by atoms with van der Waals surface area (Å²) in [5.41, 5.74) is 9.39. The number of fused-ring (bicyclic) bond motifs is 1. The lowest BCUT2D eigenvalue weighted by Crippen LogP contribution is -2.22. The molecule has 0 radical (unpaired) electrons. The standard InChI is InChI=1S/C16H23N3S2/c1-2-21-12-7-6-11(9-12)18-16-13(15(17)20)8-10-4-3-5-14(10)19-16/h8,11-12H,2-7,9H2,1H3,(H2,17,20)(H,18,19). The van der Waals surface area contributed by atoms with E-state index in [1.165, 1.54) is 42.7 Å². The van der Waals surface area contributed by atoms with E-state index in [4.69, 9.17) is 22.9 Å². The van der Waals surface area contributed by atoms with E-state index < -0.39 is 0 Å². The lowest BCUT2D eigenvalue weighted by molar-refractivity contribution is 0.750. The van der Waals surface area contributed by atoms with Crippen LogP contribution >= 0.6 is 24.0 Å². The molecule has 0 spiro atoms. The second kappa shape index (κ2) is 6.53. The molecule has 0 amide bonds. The zero-order valence-corrected chi connectivity index (χ0v) is 14.2. The average Bonchev–Trinajstić information content (AvgIpc) is 3.07. The highest BCUT2D eigenvalue weighted by atomic mass is 32.2. The lowest BCUT2D eigenvalue weighted by atomic mass is 10.1. The maximum atomic E-state index is 5.91. The fourth-order valence-electron chi connectivity index (χ4n) is 3.42. The van der Waals surface area contributed by atoms with Gasteiger partial charge in [-0.3, -0.25) is 0 Å². The highest BCUT2D eigenvalue weighted by Gasteiger charge is 2.26. The van der Waals surface area contributed by atoms with Crippen molar-refractivity contribution < 1.29 is 0 Å². The molecule has 3 N–H and O–H groups in total. The van der Waals surface area contributed by atoms with Gasteiger partial charge in [0, 0.05) is 17.0 Å². The number of pyridine rings is 1. The van der Waals surface area contributed by atoms with Crippen LogP contribution in [0, 0.1) is 0 Å². The van der Waals surface area contributed by atoms with Crippen LogP contribution in [0.5, 0.6) is 0 Å². The van der Waals surface area contributed by atoms with Crippen LogP contribution in [0.25, 0.3) is 0 Å². The van der Waals surface area contributed by atoms with Crippen LogP contribution in [-0.4, -0.2) is 27.0 Å². The molecule has 114 valence electrons. The zero-order valence-electron chi connectivity index (χ0n) is 12.5. The molecule has 0 aliphatic heterocycles. The van der Waals surface area contributed by atoms with Crippen molar-refractivity contribution in [3.8, 4) is 0 Å². The SMILES string of the molecule is CCSC1CCC(Nc2nc3c(cc2C(N)=S)CCC3)C1. The Balaban J connectivity index is 1.77. The molecule has 0 saturated heterocycles. The number of aryl methyl sites for hydroxylation is 2. The van der Waals surface area contributed by atoms with E-state index in [1.807, 2.05) is 0 Å². The lowest BCUT2D eigenvalue weighted by Gasteiger charge is -2.17. The summed E-state index contributed by atoms with van der Waals surface area (Å²) in [6.07, 6.45) is 7.11. The molecule has 1 heterocycles. The van der Waals surface area contributed by atoms with Gasteiger partial charge in [0.2, 0.25) is 0 Å². The summed E-state index contributed by atoms with van der Waals surface area (Å²) in [6.45, 7) is 2.23. The van der Waals surface area contributed by atoms with Crippen molar-refractivity contribution in [3.05, 3.63) is 22.9 Å². The highest BCUT2D eigenvalue weighted by molar-refractivity contribution is 7.99. The number of nitrogens with zero attached hydrogens (tertiary/aromatic N) is 1. The minimum atomic E-state index is 0.456. The maximum absolute atomic E-state index is 5.91. The second-order valence-corrected chi connectivity index (χ2v) is 7.96. The van der Waals surface area contributed by atoms with E-state index in [2.05, 4.69) is 30.1 Å². The van der Waals surface area contributed by atoms with Gasteiger partial charge in [-0.25, -0.2) is 4.98 Å². The van der Waals surface area contributed by atoms with E-state index in [-0.39, 0.29) is 0 Å². The Bertz CT molecular complexity index is 545. The highest BCUT2D eigenvalue weighted by Crippen LogP contribution is 2.33. The molecule has 1 saturated carbocycles. The Morgan fingerprint density at radius 1 is 1.48 bits per heavy atom. The fourth-order valence-corrected chi connectivity index (χ4v) is 4.72. The van der Waals surface area contributed by atoms with E-state index in [0.29, 0.717) is 11.0 Å². The van der Waals surface area contributed by atoms with Crippen LogP contribution in [0.15, 0.2) is 6.07 Å². The third-order valence-electron chi connectivity index (χ3n) is 4.44. The normalized spacial score (nSPS) is 24.0. The van der Waals surface area contributed by atoms with Gasteiger partial charge in [-0.05, 0) is 55.9 Å². The van der Waals surface area contributed by atoms with Crippen LogP contribution in [0.1, 0.15) is 49.4 Å². The van der Waals surface area contributed by atoms with Crippen molar-refractivity contribution in [2.24, 2.45) is 5.73 Å². The Labute approximate surface area is 136 Å². The number of anilines is 1. The monoisotopic (exact) mass is 321 g/mol. The molecule has 2 unspecified atom stereocenters. The Morgan fingerprint density at radius 2 is 2.33 bits per heavy atom. The molecule has 5 heteroatoms. The first-order valence-electron chi connectivity index (χ1n) is 7.88. The van der Waals surface area contributed by atoms with Crippen molar-refractivity contribution in [1.82, 2.24) is 4.98 Å². The van der Waals surface area contributed by atoms with Crippen molar-refractivity contribution in [3.63, 3.8) is 0 Å². The topological polar surface area (TPSA) is 50.9 Å². The molecule has 0 bridgehead atoms. The van der Waals surface area contributed by atoms with Crippen LogP contribution in [0.2, 0.25) is 0 Å². The maximum Gasteiger partial charge on any atom is 0.136 e. The summed E-state index contributed by atoms with van der Waals surface area (Å²) >= 11 is 7.29. The third-order valence-corrected chi connectivity index (χ3v) is 5.90. The first kappa shape index (κ1) is 15.1. The van der Waals surface area contributed by atoms with Gasteiger partial charge in [-0.2, -0.15) is 11.8 Å². The molecule has 3 rings (SSSR count). The number of nitrogens with one attached hydrogen (secondary N) is 1. The summed E-state index contributed by atoms with van der Waals surface area (Å²) in [5, 5.41) is 4.40. The van der Waals surface area contributed by atoms with Gasteiger partial charge in [-0.1, -0.05) is 19.1 Å². The van der Waals surface area contributed by atoms with E-state index in [0.717, 1.165) is 29.5 Å².